The second-order valence-electron chi connectivity index (χ2n) is 4.23. The minimum absolute atomic E-state index is 0.0267. The van der Waals surface area contributed by atoms with E-state index in [2.05, 4.69) is 10.2 Å². The minimum atomic E-state index is -3.58. The Morgan fingerprint density at radius 2 is 2.06 bits per heavy atom. The van der Waals surface area contributed by atoms with Gasteiger partial charge in [0.15, 0.2) is 0 Å². The van der Waals surface area contributed by atoms with Crippen molar-refractivity contribution in [2.24, 2.45) is 0 Å². The van der Waals surface area contributed by atoms with Crippen molar-refractivity contribution < 1.29 is 13.2 Å². The fraction of sp³-hybridized carbons (Fsp3) is 0.667. The van der Waals surface area contributed by atoms with E-state index in [1.165, 1.54) is 10.5 Å². The van der Waals surface area contributed by atoms with Crippen LogP contribution in [0.15, 0.2) is 11.1 Å². The summed E-state index contributed by atoms with van der Waals surface area (Å²) < 4.78 is 31.5. The Labute approximate surface area is 100.0 Å². The van der Waals surface area contributed by atoms with E-state index >= 15 is 0 Å². The highest BCUT2D eigenvalue weighted by Gasteiger charge is 2.33. The molecule has 1 aromatic rings. The van der Waals surface area contributed by atoms with Crippen LogP contribution in [-0.4, -0.2) is 48.2 Å². The van der Waals surface area contributed by atoms with Crippen molar-refractivity contribution in [2.45, 2.75) is 31.0 Å². The van der Waals surface area contributed by atoms with Gasteiger partial charge in [-0.3, -0.25) is 5.10 Å². The van der Waals surface area contributed by atoms with E-state index in [-0.39, 0.29) is 22.9 Å². The molecule has 1 aromatic heterocycles. The van der Waals surface area contributed by atoms with Crippen molar-refractivity contribution in [3.05, 3.63) is 6.20 Å². The van der Waals surface area contributed by atoms with E-state index in [1.807, 2.05) is 13.8 Å². The molecule has 2 unspecified atom stereocenters. The molecule has 2 heterocycles. The van der Waals surface area contributed by atoms with Gasteiger partial charge in [-0.1, -0.05) is 0 Å². The molecule has 1 aliphatic heterocycles. The molecule has 0 saturated carbocycles. The Morgan fingerprint density at radius 3 is 2.53 bits per heavy atom. The molecule has 1 fully saturated rings. The monoisotopic (exact) mass is 260 g/mol. The van der Waals surface area contributed by atoms with Gasteiger partial charge in [0.2, 0.25) is 10.0 Å². The van der Waals surface area contributed by atoms with Crippen LogP contribution in [0.4, 0.5) is 5.82 Å². The molecule has 2 rings (SSSR count). The van der Waals surface area contributed by atoms with Gasteiger partial charge in [-0.25, -0.2) is 8.42 Å². The Bertz CT molecular complexity index is 488. The topological polar surface area (TPSA) is 101 Å². The summed E-state index contributed by atoms with van der Waals surface area (Å²) in [6.07, 6.45) is 0.985. The average Bonchev–Trinajstić information content (AvgIpc) is 2.63. The number of morpholine rings is 1. The summed E-state index contributed by atoms with van der Waals surface area (Å²) in [5.74, 6) is 0.0665. The Morgan fingerprint density at radius 1 is 1.47 bits per heavy atom. The van der Waals surface area contributed by atoms with Crippen molar-refractivity contribution in [3.63, 3.8) is 0 Å². The molecule has 0 radical (unpaired) electrons. The fourth-order valence-electron chi connectivity index (χ4n) is 1.96. The number of anilines is 1. The number of H-pyrrole nitrogens is 1. The van der Waals surface area contributed by atoms with Gasteiger partial charge in [0.1, 0.15) is 10.7 Å². The van der Waals surface area contributed by atoms with E-state index in [9.17, 15) is 8.42 Å². The van der Waals surface area contributed by atoms with Gasteiger partial charge in [0.05, 0.1) is 18.4 Å². The van der Waals surface area contributed by atoms with Crippen molar-refractivity contribution in [2.75, 3.05) is 18.8 Å². The molecule has 0 bridgehead atoms. The predicted octanol–water partition coefficient (Wildman–Crippen LogP) is -0.210. The lowest BCUT2D eigenvalue weighted by Crippen LogP contribution is -2.48. The Hall–Kier alpha value is -1.12. The van der Waals surface area contributed by atoms with E-state index in [4.69, 9.17) is 10.5 Å². The molecule has 0 aliphatic carbocycles. The van der Waals surface area contributed by atoms with E-state index < -0.39 is 10.0 Å². The van der Waals surface area contributed by atoms with Gasteiger partial charge in [0, 0.05) is 13.1 Å². The lowest BCUT2D eigenvalue weighted by atomic mass is 10.3. The summed E-state index contributed by atoms with van der Waals surface area (Å²) >= 11 is 0. The number of nitrogens with zero attached hydrogens (tertiary/aromatic N) is 2. The van der Waals surface area contributed by atoms with Gasteiger partial charge in [-0.2, -0.15) is 9.40 Å². The molecule has 8 heteroatoms. The highest BCUT2D eigenvalue weighted by molar-refractivity contribution is 7.89. The maximum Gasteiger partial charge on any atom is 0.248 e. The number of nitrogens with one attached hydrogen (secondary N) is 1. The summed E-state index contributed by atoms with van der Waals surface area (Å²) in [4.78, 5) is 0.0267. The Balaban J connectivity index is 2.30. The van der Waals surface area contributed by atoms with Crippen molar-refractivity contribution in [3.8, 4) is 0 Å². The second-order valence-corrected chi connectivity index (χ2v) is 6.13. The lowest BCUT2D eigenvalue weighted by molar-refractivity contribution is -0.0440. The number of hydrogen-bond donors (Lipinski definition) is 2. The van der Waals surface area contributed by atoms with Crippen LogP contribution in [0.2, 0.25) is 0 Å². The number of nitrogens with two attached hydrogens (primary N) is 1. The first kappa shape index (κ1) is 12.3. The second kappa shape index (κ2) is 4.28. The molecule has 17 heavy (non-hydrogen) atoms. The maximum atomic E-state index is 12.3. The van der Waals surface area contributed by atoms with Crippen LogP contribution < -0.4 is 5.73 Å². The van der Waals surface area contributed by atoms with Crippen LogP contribution in [-0.2, 0) is 14.8 Å². The highest BCUT2D eigenvalue weighted by atomic mass is 32.2. The zero-order valence-electron chi connectivity index (χ0n) is 9.75. The number of nitrogen functional groups attached to an aromatic ring is 1. The summed E-state index contributed by atoms with van der Waals surface area (Å²) in [6, 6.07) is 0. The zero-order valence-corrected chi connectivity index (χ0v) is 10.6. The molecule has 0 amide bonds. The van der Waals surface area contributed by atoms with Gasteiger partial charge in [0.25, 0.3) is 0 Å². The number of hydrogen-bond acceptors (Lipinski definition) is 5. The number of sulfonamides is 1. The van der Waals surface area contributed by atoms with Gasteiger partial charge < -0.3 is 10.5 Å². The standard InChI is InChI=1S/C9H16N4O3S/c1-6-4-13(5-7(2)16-6)17(14,15)8-3-11-12-9(8)10/h3,6-7H,4-5H2,1-2H3,(H3,10,11,12). The summed E-state index contributed by atoms with van der Waals surface area (Å²) in [5, 5.41) is 6.06. The molecule has 2 atom stereocenters. The van der Waals surface area contributed by atoms with Gasteiger partial charge in [-0.15, -0.1) is 0 Å². The average molecular weight is 260 g/mol. The molecule has 7 nitrogen and oxygen atoms in total. The number of rotatable bonds is 2. The summed E-state index contributed by atoms with van der Waals surface area (Å²) in [6.45, 7) is 4.35. The molecule has 1 aliphatic rings. The maximum absolute atomic E-state index is 12.3. The number of aromatic amines is 1. The minimum Gasteiger partial charge on any atom is -0.383 e. The molecule has 0 aromatic carbocycles. The molecular weight excluding hydrogens is 244 g/mol. The largest absolute Gasteiger partial charge is 0.383 e. The van der Waals surface area contributed by atoms with Crippen molar-refractivity contribution in [1.82, 2.24) is 14.5 Å². The summed E-state index contributed by atoms with van der Waals surface area (Å²) in [7, 11) is -3.58. The normalized spacial score (nSPS) is 27.2. The first-order chi connectivity index (χ1) is 7.91. The SMILES string of the molecule is CC1CN(S(=O)(=O)c2cn[nH]c2N)CC(C)O1. The van der Waals surface area contributed by atoms with Gasteiger partial charge in [-0.05, 0) is 13.8 Å². The van der Waals surface area contributed by atoms with Crippen LogP contribution in [0, 0.1) is 0 Å². The highest BCUT2D eigenvalue weighted by Crippen LogP contribution is 2.23. The van der Waals surface area contributed by atoms with E-state index in [1.54, 1.807) is 0 Å². The first-order valence-corrected chi connectivity index (χ1v) is 6.79. The number of ether oxygens (including phenoxy) is 1. The quantitative estimate of drug-likeness (QED) is 0.766. The Kier molecular flexibility index (Phi) is 3.11. The molecule has 0 spiro atoms. The van der Waals surface area contributed by atoms with Crippen molar-refractivity contribution >= 4 is 15.8 Å². The zero-order chi connectivity index (χ0) is 12.6. The smallest absolute Gasteiger partial charge is 0.248 e. The molecule has 3 N–H and O–H groups in total. The lowest BCUT2D eigenvalue weighted by Gasteiger charge is -2.34. The van der Waals surface area contributed by atoms with Crippen LogP contribution in [0.5, 0.6) is 0 Å². The van der Waals surface area contributed by atoms with Crippen LogP contribution in [0.3, 0.4) is 0 Å². The van der Waals surface area contributed by atoms with E-state index in [0.29, 0.717) is 13.1 Å². The third kappa shape index (κ3) is 2.28. The predicted molar refractivity (Wildman–Crippen MR) is 61.8 cm³/mol. The fourth-order valence-corrected chi connectivity index (χ4v) is 3.56. The third-order valence-corrected chi connectivity index (χ3v) is 4.50. The van der Waals surface area contributed by atoms with Crippen LogP contribution in [0.25, 0.3) is 0 Å². The van der Waals surface area contributed by atoms with Crippen LogP contribution >= 0.6 is 0 Å². The van der Waals surface area contributed by atoms with Crippen LogP contribution in [0.1, 0.15) is 13.8 Å². The van der Waals surface area contributed by atoms with Crippen molar-refractivity contribution in [1.29, 1.82) is 0 Å². The molecule has 96 valence electrons. The first-order valence-electron chi connectivity index (χ1n) is 5.35. The van der Waals surface area contributed by atoms with Gasteiger partial charge >= 0.3 is 0 Å². The molecular formula is C9H16N4O3S. The van der Waals surface area contributed by atoms with E-state index in [0.717, 1.165) is 0 Å². The summed E-state index contributed by atoms with van der Waals surface area (Å²) in [5.41, 5.74) is 5.55. The number of aromatic nitrogens is 2. The molecule has 1 saturated heterocycles. The third-order valence-electron chi connectivity index (χ3n) is 2.64.